The molecular weight excluding hydrogens is 272 g/mol. The predicted molar refractivity (Wildman–Crippen MR) is 93.7 cm³/mol. The highest BCUT2D eigenvalue weighted by molar-refractivity contribution is 5.63. The number of hydrogen-bond donors (Lipinski definition) is 0. The molecule has 0 radical (unpaired) electrons. The molecule has 0 fully saturated rings. The number of carbonyl (C=O) groups excluding carboxylic acids is 1. The molecule has 0 aliphatic carbocycles. The van der Waals surface area contributed by atoms with Crippen LogP contribution in [-0.2, 0) is 4.79 Å². The molecule has 0 aromatic heterocycles. The van der Waals surface area contributed by atoms with Crippen LogP contribution in [0.3, 0.4) is 0 Å². The lowest BCUT2D eigenvalue weighted by Crippen LogP contribution is -2.21. The Hall–Kier alpha value is -0.790. The Labute approximate surface area is 138 Å². The van der Waals surface area contributed by atoms with Gasteiger partial charge in [-0.1, -0.05) is 83.3 Å². The van der Waals surface area contributed by atoms with Gasteiger partial charge in [0.05, 0.1) is 0 Å². The first kappa shape index (κ1) is 21.2. The Morgan fingerprint density at radius 2 is 1.09 bits per heavy atom. The number of unbranched alkanes of at least 4 members (excludes halogenated alkanes) is 13. The van der Waals surface area contributed by atoms with Gasteiger partial charge in [0, 0.05) is 5.97 Å². The molecule has 0 atom stereocenters. The normalized spacial score (nSPS) is 11.3. The molecule has 0 aromatic carbocycles. The molecule has 0 aliphatic heterocycles. The van der Waals surface area contributed by atoms with E-state index in [1.54, 1.807) is 0 Å². The summed E-state index contributed by atoms with van der Waals surface area (Å²) in [6, 6.07) is 0. The van der Waals surface area contributed by atoms with E-state index in [4.69, 9.17) is 0 Å². The molecule has 0 amide bonds. The van der Waals surface area contributed by atoms with Gasteiger partial charge >= 0.3 is 0 Å². The number of rotatable bonds is 17. The fourth-order valence-electron chi connectivity index (χ4n) is 2.69. The third-order valence-corrected chi connectivity index (χ3v) is 4.14. The molecule has 0 unspecified atom stereocenters. The van der Waals surface area contributed by atoms with Gasteiger partial charge in [-0.05, 0) is 38.5 Å². The zero-order chi connectivity index (χ0) is 16.3. The van der Waals surface area contributed by atoms with Gasteiger partial charge in [-0.3, -0.25) is 0 Å². The first-order valence-corrected chi connectivity index (χ1v) is 9.62. The van der Waals surface area contributed by atoms with Crippen molar-refractivity contribution < 1.29 is 9.90 Å². The minimum Gasteiger partial charge on any atom is -0.550 e. The van der Waals surface area contributed by atoms with E-state index >= 15 is 0 Å². The van der Waals surface area contributed by atoms with Gasteiger partial charge in [0.1, 0.15) is 0 Å². The fourth-order valence-corrected chi connectivity index (χ4v) is 2.69. The number of aliphatic carboxylic acids is 1. The molecule has 0 rings (SSSR count). The van der Waals surface area contributed by atoms with Crippen molar-refractivity contribution in [2.24, 2.45) is 0 Å². The van der Waals surface area contributed by atoms with Crippen molar-refractivity contribution in [3.05, 3.63) is 12.2 Å². The monoisotopic (exact) mass is 309 g/mol. The van der Waals surface area contributed by atoms with E-state index in [0.717, 1.165) is 12.8 Å². The fraction of sp³-hybridized carbons (Fsp3) is 0.850. The summed E-state index contributed by atoms with van der Waals surface area (Å²) in [6.45, 7) is 2.26. The van der Waals surface area contributed by atoms with Crippen molar-refractivity contribution in [3.63, 3.8) is 0 Å². The maximum atomic E-state index is 10.2. The van der Waals surface area contributed by atoms with Gasteiger partial charge in [0.25, 0.3) is 0 Å². The van der Waals surface area contributed by atoms with Crippen LogP contribution in [-0.4, -0.2) is 5.97 Å². The van der Waals surface area contributed by atoms with Crippen molar-refractivity contribution in [2.75, 3.05) is 0 Å². The van der Waals surface area contributed by atoms with Crippen LogP contribution in [0.1, 0.15) is 110 Å². The van der Waals surface area contributed by atoms with E-state index in [-0.39, 0.29) is 6.42 Å². The first-order valence-electron chi connectivity index (χ1n) is 9.62. The summed E-state index contributed by atoms with van der Waals surface area (Å²) in [4.78, 5) is 10.2. The summed E-state index contributed by atoms with van der Waals surface area (Å²) in [5.41, 5.74) is 0. The van der Waals surface area contributed by atoms with Crippen LogP contribution in [0.15, 0.2) is 12.2 Å². The summed E-state index contributed by atoms with van der Waals surface area (Å²) in [7, 11) is 0. The molecule has 0 heterocycles. The Morgan fingerprint density at radius 3 is 1.55 bits per heavy atom. The van der Waals surface area contributed by atoms with Gasteiger partial charge in [0.15, 0.2) is 0 Å². The second-order valence-electron chi connectivity index (χ2n) is 6.41. The molecule has 0 aromatic rings. The Balaban J connectivity index is 3.05. The number of carboxylic acid groups (broad SMARTS) is 1. The smallest absolute Gasteiger partial charge is 0.0414 e. The Morgan fingerprint density at radius 1 is 0.682 bits per heavy atom. The minimum absolute atomic E-state index is 0.228. The molecule has 2 nitrogen and oxygen atoms in total. The maximum absolute atomic E-state index is 10.2. The van der Waals surface area contributed by atoms with Crippen LogP contribution in [0.4, 0.5) is 0 Å². The predicted octanol–water partition coefficient (Wildman–Crippen LogP) is 5.55. The van der Waals surface area contributed by atoms with E-state index in [9.17, 15) is 9.90 Å². The molecule has 0 aliphatic rings. The summed E-state index contributed by atoms with van der Waals surface area (Å²) in [5.74, 6) is -0.907. The van der Waals surface area contributed by atoms with E-state index in [1.165, 1.54) is 83.5 Å². The molecule has 0 saturated carbocycles. The van der Waals surface area contributed by atoms with Gasteiger partial charge in [-0.15, -0.1) is 0 Å². The largest absolute Gasteiger partial charge is 0.550 e. The second-order valence-corrected chi connectivity index (χ2v) is 6.41. The van der Waals surface area contributed by atoms with Crippen molar-refractivity contribution in [1.82, 2.24) is 0 Å². The van der Waals surface area contributed by atoms with E-state index in [1.807, 2.05) is 0 Å². The van der Waals surface area contributed by atoms with Crippen molar-refractivity contribution in [3.8, 4) is 0 Å². The highest BCUT2D eigenvalue weighted by Crippen LogP contribution is 2.11. The van der Waals surface area contributed by atoms with Gasteiger partial charge in [0.2, 0.25) is 0 Å². The van der Waals surface area contributed by atoms with Crippen LogP contribution in [0, 0.1) is 0 Å². The second kappa shape index (κ2) is 18.3. The third-order valence-electron chi connectivity index (χ3n) is 4.14. The van der Waals surface area contributed by atoms with Crippen LogP contribution < -0.4 is 5.11 Å². The minimum atomic E-state index is -0.907. The molecule has 130 valence electrons. The highest BCUT2D eigenvalue weighted by atomic mass is 16.4. The molecule has 0 N–H and O–H groups in total. The van der Waals surface area contributed by atoms with Gasteiger partial charge < -0.3 is 9.90 Å². The molecule has 22 heavy (non-hydrogen) atoms. The zero-order valence-electron chi connectivity index (χ0n) is 14.8. The highest BCUT2D eigenvalue weighted by Gasteiger charge is 1.93. The van der Waals surface area contributed by atoms with Crippen molar-refractivity contribution in [1.29, 1.82) is 0 Å². The quantitative estimate of drug-likeness (QED) is 0.261. The van der Waals surface area contributed by atoms with Gasteiger partial charge in [-0.25, -0.2) is 0 Å². The summed E-state index contributed by atoms with van der Waals surface area (Å²) in [6.07, 6.45) is 23.8. The summed E-state index contributed by atoms with van der Waals surface area (Å²) >= 11 is 0. The van der Waals surface area contributed by atoms with Crippen molar-refractivity contribution >= 4 is 5.97 Å². The standard InChI is InChI=1S/C20H38O2/c1-2-3-4-5-6-7-8-9-10-11-12-13-14-15-16-17-18-19-20(21)22/h7-8H,2-6,9-19H2,1H3,(H,21,22)/p-1/b8-7-. The number of carbonyl (C=O) groups is 1. The lowest BCUT2D eigenvalue weighted by atomic mass is 10.1. The van der Waals surface area contributed by atoms with Crippen molar-refractivity contribution in [2.45, 2.75) is 110 Å². The van der Waals surface area contributed by atoms with Crippen LogP contribution in [0.5, 0.6) is 0 Å². The van der Waals surface area contributed by atoms with Crippen LogP contribution in [0.25, 0.3) is 0 Å². The third kappa shape index (κ3) is 19.2. The summed E-state index contributed by atoms with van der Waals surface area (Å²) < 4.78 is 0. The Kier molecular flexibility index (Phi) is 17.6. The number of allylic oxidation sites excluding steroid dienone is 2. The lowest BCUT2D eigenvalue weighted by molar-refractivity contribution is -0.305. The molecular formula is C20H37O2-. The molecule has 0 saturated heterocycles. The van der Waals surface area contributed by atoms with Crippen LogP contribution in [0.2, 0.25) is 0 Å². The topological polar surface area (TPSA) is 40.1 Å². The van der Waals surface area contributed by atoms with Crippen LogP contribution >= 0.6 is 0 Å². The molecule has 0 spiro atoms. The lowest BCUT2D eigenvalue weighted by Gasteiger charge is -2.03. The zero-order valence-corrected chi connectivity index (χ0v) is 14.8. The number of hydrogen-bond acceptors (Lipinski definition) is 2. The van der Waals surface area contributed by atoms with Gasteiger partial charge in [-0.2, -0.15) is 0 Å². The van der Waals surface area contributed by atoms with E-state index < -0.39 is 5.97 Å². The summed E-state index contributed by atoms with van der Waals surface area (Å²) in [5, 5.41) is 10.2. The average Bonchev–Trinajstić information content (AvgIpc) is 2.50. The first-order chi connectivity index (χ1) is 10.8. The van der Waals surface area contributed by atoms with E-state index in [0.29, 0.717) is 0 Å². The molecule has 2 heteroatoms. The maximum Gasteiger partial charge on any atom is 0.0414 e. The van der Waals surface area contributed by atoms with E-state index in [2.05, 4.69) is 19.1 Å². The average molecular weight is 310 g/mol. The number of carboxylic acids is 1. The Bertz CT molecular complexity index is 258. The molecule has 0 bridgehead atoms. The SMILES string of the molecule is CCCCCC/C=C\CCCCCCCCCCCC(=O)[O-].